The molecule has 0 aromatic carbocycles. The second-order valence-electron chi connectivity index (χ2n) is 3.85. The van der Waals surface area contributed by atoms with Crippen LogP contribution in [-0.4, -0.2) is 31.6 Å². The van der Waals surface area contributed by atoms with Crippen LogP contribution in [0.4, 0.5) is 0 Å². The highest BCUT2D eigenvalue weighted by Crippen LogP contribution is 2.18. The molecule has 0 aliphatic rings. The third kappa shape index (κ3) is 4.57. The van der Waals surface area contributed by atoms with Crippen molar-refractivity contribution < 1.29 is 19.1 Å². The maximum absolute atomic E-state index is 11.7. The van der Waals surface area contributed by atoms with Crippen molar-refractivity contribution >= 4 is 11.8 Å². The summed E-state index contributed by atoms with van der Waals surface area (Å²) in [5.74, 6) is -0.773. The second-order valence-corrected chi connectivity index (χ2v) is 3.85. The standard InChI is InChI=1S/C12H20O4/c1-5-7-8-15-9-10(13)12(3,4)11(14)16-6-2/h5,7H,6,8-9H2,1-4H3/b7-5+. The first kappa shape index (κ1) is 14.8. The van der Waals surface area contributed by atoms with Crippen LogP contribution < -0.4 is 0 Å². The van der Waals surface area contributed by atoms with Gasteiger partial charge in [-0.15, -0.1) is 0 Å². The van der Waals surface area contributed by atoms with E-state index < -0.39 is 11.4 Å². The molecule has 0 N–H and O–H groups in total. The van der Waals surface area contributed by atoms with Crippen LogP contribution in [0, 0.1) is 5.41 Å². The molecular weight excluding hydrogens is 208 g/mol. The van der Waals surface area contributed by atoms with Gasteiger partial charge < -0.3 is 9.47 Å². The lowest BCUT2D eigenvalue weighted by molar-refractivity contribution is -0.159. The Morgan fingerprint density at radius 2 is 1.94 bits per heavy atom. The Balaban J connectivity index is 4.18. The number of allylic oxidation sites excluding steroid dienone is 1. The zero-order valence-corrected chi connectivity index (χ0v) is 10.4. The summed E-state index contributed by atoms with van der Waals surface area (Å²) in [5, 5.41) is 0. The highest BCUT2D eigenvalue weighted by Gasteiger charge is 2.36. The average molecular weight is 228 g/mol. The minimum absolute atomic E-state index is 0.0733. The molecule has 16 heavy (non-hydrogen) atoms. The van der Waals surface area contributed by atoms with Gasteiger partial charge in [0.2, 0.25) is 0 Å². The van der Waals surface area contributed by atoms with Crippen molar-refractivity contribution in [1.29, 1.82) is 0 Å². The number of esters is 1. The van der Waals surface area contributed by atoms with E-state index in [-0.39, 0.29) is 19.0 Å². The molecule has 0 saturated carbocycles. The van der Waals surface area contributed by atoms with E-state index in [0.717, 1.165) is 0 Å². The lowest BCUT2D eigenvalue weighted by atomic mass is 9.88. The van der Waals surface area contributed by atoms with Crippen LogP contribution in [0.2, 0.25) is 0 Å². The number of ketones is 1. The van der Waals surface area contributed by atoms with E-state index in [1.807, 2.05) is 13.0 Å². The van der Waals surface area contributed by atoms with Crippen molar-refractivity contribution in [2.75, 3.05) is 19.8 Å². The number of carbonyl (C=O) groups excluding carboxylic acids is 2. The molecule has 0 aliphatic carbocycles. The number of Topliss-reactive ketones (excluding diaryl/α,β-unsaturated/α-hetero) is 1. The van der Waals surface area contributed by atoms with Crippen molar-refractivity contribution in [2.45, 2.75) is 27.7 Å². The van der Waals surface area contributed by atoms with Crippen LogP contribution in [0.25, 0.3) is 0 Å². The van der Waals surface area contributed by atoms with E-state index >= 15 is 0 Å². The molecule has 0 atom stereocenters. The molecule has 0 aromatic heterocycles. The van der Waals surface area contributed by atoms with Gasteiger partial charge in [-0.1, -0.05) is 12.2 Å². The van der Waals surface area contributed by atoms with Crippen molar-refractivity contribution in [3.05, 3.63) is 12.2 Å². The van der Waals surface area contributed by atoms with Crippen LogP contribution in [0.5, 0.6) is 0 Å². The highest BCUT2D eigenvalue weighted by atomic mass is 16.5. The maximum atomic E-state index is 11.7. The van der Waals surface area contributed by atoms with Crippen molar-refractivity contribution in [3.63, 3.8) is 0 Å². The lowest BCUT2D eigenvalue weighted by Crippen LogP contribution is -2.37. The van der Waals surface area contributed by atoms with Crippen molar-refractivity contribution in [3.8, 4) is 0 Å². The lowest BCUT2D eigenvalue weighted by Gasteiger charge is -2.20. The summed E-state index contributed by atoms with van der Waals surface area (Å²) in [6.45, 7) is 7.25. The predicted molar refractivity (Wildman–Crippen MR) is 61.1 cm³/mol. The van der Waals surface area contributed by atoms with E-state index in [1.165, 1.54) is 0 Å². The molecule has 0 heterocycles. The summed E-state index contributed by atoms with van der Waals surface area (Å²) in [5.41, 5.74) is -1.13. The fourth-order valence-electron chi connectivity index (χ4n) is 0.922. The van der Waals surface area contributed by atoms with Crippen LogP contribution in [0.3, 0.4) is 0 Å². The Kier molecular flexibility index (Phi) is 6.65. The maximum Gasteiger partial charge on any atom is 0.319 e. The Morgan fingerprint density at radius 1 is 1.31 bits per heavy atom. The van der Waals surface area contributed by atoms with Gasteiger partial charge in [-0.3, -0.25) is 9.59 Å². The molecule has 92 valence electrons. The summed E-state index contributed by atoms with van der Waals surface area (Å²) < 4.78 is 9.93. The normalized spacial score (nSPS) is 11.8. The third-order valence-corrected chi connectivity index (χ3v) is 2.17. The number of carbonyl (C=O) groups is 2. The number of hydrogen-bond donors (Lipinski definition) is 0. The Morgan fingerprint density at radius 3 is 2.44 bits per heavy atom. The molecule has 4 nitrogen and oxygen atoms in total. The van der Waals surface area contributed by atoms with Crippen molar-refractivity contribution in [1.82, 2.24) is 0 Å². The average Bonchev–Trinajstić information content (AvgIpc) is 2.24. The Labute approximate surface area is 96.6 Å². The van der Waals surface area contributed by atoms with Crippen LogP contribution in [0.1, 0.15) is 27.7 Å². The first-order chi connectivity index (χ1) is 7.46. The molecule has 0 saturated heterocycles. The fourth-order valence-corrected chi connectivity index (χ4v) is 0.922. The molecule has 0 spiro atoms. The van der Waals surface area contributed by atoms with E-state index in [0.29, 0.717) is 6.61 Å². The van der Waals surface area contributed by atoms with E-state index in [4.69, 9.17) is 9.47 Å². The molecule has 4 heteroatoms. The molecule has 0 rings (SSSR count). The number of rotatable bonds is 7. The zero-order valence-electron chi connectivity index (χ0n) is 10.4. The molecular formula is C12H20O4. The molecule has 0 aliphatic heterocycles. The smallest absolute Gasteiger partial charge is 0.319 e. The summed E-state index contributed by atoms with van der Waals surface area (Å²) in [7, 11) is 0. The highest BCUT2D eigenvalue weighted by molar-refractivity contribution is 6.03. The Bertz CT molecular complexity index is 266. The van der Waals surface area contributed by atoms with E-state index in [1.54, 1.807) is 26.8 Å². The summed E-state index contributed by atoms with van der Waals surface area (Å²) in [4.78, 5) is 23.2. The van der Waals surface area contributed by atoms with Gasteiger partial charge in [-0.05, 0) is 27.7 Å². The van der Waals surface area contributed by atoms with Gasteiger partial charge in [0.25, 0.3) is 0 Å². The molecule has 0 amide bonds. The van der Waals surface area contributed by atoms with Gasteiger partial charge in [0.15, 0.2) is 5.78 Å². The minimum Gasteiger partial charge on any atom is -0.465 e. The van der Waals surface area contributed by atoms with Gasteiger partial charge in [0, 0.05) is 0 Å². The number of ether oxygens (including phenoxy) is 2. The summed E-state index contributed by atoms with van der Waals surface area (Å²) >= 11 is 0. The van der Waals surface area contributed by atoms with Gasteiger partial charge in [0.05, 0.1) is 13.2 Å². The second kappa shape index (κ2) is 7.17. The number of hydrogen-bond acceptors (Lipinski definition) is 4. The first-order valence-electron chi connectivity index (χ1n) is 5.36. The predicted octanol–water partition coefficient (Wildman–Crippen LogP) is 1.74. The van der Waals surface area contributed by atoms with Gasteiger partial charge in [-0.2, -0.15) is 0 Å². The monoisotopic (exact) mass is 228 g/mol. The largest absolute Gasteiger partial charge is 0.465 e. The zero-order chi connectivity index (χ0) is 12.6. The van der Waals surface area contributed by atoms with Gasteiger partial charge in [0.1, 0.15) is 12.0 Å². The van der Waals surface area contributed by atoms with E-state index in [9.17, 15) is 9.59 Å². The molecule has 0 unspecified atom stereocenters. The third-order valence-electron chi connectivity index (χ3n) is 2.17. The minimum atomic E-state index is -1.13. The summed E-state index contributed by atoms with van der Waals surface area (Å²) in [6.07, 6.45) is 3.63. The first-order valence-corrected chi connectivity index (χ1v) is 5.36. The summed E-state index contributed by atoms with van der Waals surface area (Å²) in [6, 6.07) is 0. The Hall–Kier alpha value is -1.16. The fraction of sp³-hybridized carbons (Fsp3) is 0.667. The molecule has 0 fully saturated rings. The van der Waals surface area contributed by atoms with E-state index in [2.05, 4.69) is 0 Å². The quantitative estimate of drug-likeness (QED) is 0.288. The van der Waals surface area contributed by atoms with Crippen LogP contribution >= 0.6 is 0 Å². The molecule has 0 radical (unpaired) electrons. The van der Waals surface area contributed by atoms with Gasteiger partial charge >= 0.3 is 5.97 Å². The van der Waals surface area contributed by atoms with Gasteiger partial charge in [-0.25, -0.2) is 0 Å². The van der Waals surface area contributed by atoms with Crippen molar-refractivity contribution in [2.24, 2.45) is 5.41 Å². The SMILES string of the molecule is C/C=C/COCC(=O)C(C)(C)C(=O)OCC. The molecule has 0 aromatic rings. The molecule has 0 bridgehead atoms. The van der Waals surface area contributed by atoms with Crippen LogP contribution in [0.15, 0.2) is 12.2 Å². The topological polar surface area (TPSA) is 52.6 Å². The van der Waals surface area contributed by atoms with Crippen LogP contribution in [-0.2, 0) is 19.1 Å².